The summed E-state index contributed by atoms with van der Waals surface area (Å²) in [5.74, 6) is 2.44. The molecule has 0 amide bonds. The fourth-order valence-corrected chi connectivity index (χ4v) is 14.3. The van der Waals surface area contributed by atoms with Gasteiger partial charge in [0, 0.05) is 47.3 Å². The van der Waals surface area contributed by atoms with Crippen LogP contribution in [-0.4, -0.2) is 0 Å². The molecule has 0 fully saturated rings. The Morgan fingerprint density at radius 3 is 1.49 bits per heavy atom. The van der Waals surface area contributed by atoms with Gasteiger partial charge in [0.2, 0.25) is 0 Å². The Balaban J connectivity index is 0.860. The molecule has 71 heavy (non-hydrogen) atoms. The topological polar surface area (TPSA) is 0 Å². The standard InChI is InChI=1S/C71H56/c1-2-21-51(22-3-1)71(67-35-16-14-28-60(67)61-29-15-17-36-68(61)71)52-43-39-50(40-44-52)69-62-30-10-12-32-64(62)70(65-33-13-11-31-63(65)69)66-46-42-49(55-25-7-9-27-58(55)66)38-37-48-41-45-59(56-26-8-6-24-54(48)56)57-34-18-20-47-19-4-5-23-53(47)57/h1-39,41-43,45-47,53-56,58,62,64H,40,44H2. The highest BCUT2D eigenvalue weighted by atomic mass is 14.5. The van der Waals surface area contributed by atoms with Crippen LogP contribution < -0.4 is 10.4 Å². The number of fused-ring (bicyclic) bond motifs is 8. The lowest BCUT2D eigenvalue weighted by Crippen LogP contribution is -2.42. The zero-order valence-corrected chi connectivity index (χ0v) is 39.9. The summed E-state index contributed by atoms with van der Waals surface area (Å²) in [6.45, 7) is 0. The third-order valence-corrected chi connectivity index (χ3v) is 17.4. The van der Waals surface area contributed by atoms with Crippen LogP contribution in [-0.2, 0) is 5.41 Å². The van der Waals surface area contributed by atoms with Gasteiger partial charge in [-0.2, -0.15) is 0 Å². The molecular formula is C71H56. The van der Waals surface area contributed by atoms with E-state index >= 15 is 0 Å². The Morgan fingerprint density at radius 2 is 0.845 bits per heavy atom. The van der Waals surface area contributed by atoms with Gasteiger partial charge in [-0.05, 0) is 95.7 Å². The van der Waals surface area contributed by atoms with Crippen molar-refractivity contribution in [3.63, 3.8) is 0 Å². The zero-order valence-electron chi connectivity index (χ0n) is 39.9. The van der Waals surface area contributed by atoms with Gasteiger partial charge >= 0.3 is 0 Å². The summed E-state index contributed by atoms with van der Waals surface area (Å²) in [6.07, 6.45) is 66.0. The molecule has 340 valence electrons. The van der Waals surface area contributed by atoms with Crippen LogP contribution in [0.1, 0.15) is 29.5 Å². The van der Waals surface area contributed by atoms with Crippen molar-refractivity contribution >= 4 is 11.1 Å². The molecular weight excluding hydrogens is 853 g/mol. The quantitative estimate of drug-likeness (QED) is 0.173. The minimum Gasteiger partial charge on any atom is -0.0767 e. The van der Waals surface area contributed by atoms with Crippen LogP contribution in [0.4, 0.5) is 0 Å². The molecule has 8 atom stereocenters. The number of allylic oxidation sites excluding steroid dienone is 34. The Kier molecular flexibility index (Phi) is 10.2. The molecule has 0 aromatic heterocycles. The highest BCUT2D eigenvalue weighted by molar-refractivity contribution is 5.87. The van der Waals surface area contributed by atoms with Gasteiger partial charge in [-0.25, -0.2) is 0 Å². The van der Waals surface area contributed by atoms with Crippen molar-refractivity contribution in [1.29, 1.82) is 0 Å². The summed E-state index contributed by atoms with van der Waals surface area (Å²) in [5, 5.41) is 2.77. The third-order valence-electron chi connectivity index (χ3n) is 17.4. The second-order valence-electron chi connectivity index (χ2n) is 20.7. The van der Waals surface area contributed by atoms with Crippen molar-refractivity contribution in [3.05, 3.63) is 333 Å². The molecule has 0 heteroatoms. The van der Waals surface area contributed by atoms with E-state index < -0.39 is 0 Å². The van der Waals surface area contributed by atoms with Crippen LogP contribution in [0.25, 0.3) is 22.3 Å². The fourth-order valence-electron chi connectivity index (χ4n) is 14.3. The molecule has 10 aliphatic rings. The van der Waals surface area contributed by atoms with Crippen LogP contribution in [0.2, 0.25) is 0 Å². The second-order valence-corrected chi connectivity index (χ2v) is 20.7. The first kappa shape index (κ1) is 42.1. The molecule has 0 aliphatic heterocycles. The lowest BCUT2D eigenvalue weighted by molar-refractivity contribution is 0.563. The SMILES string of the molecule is C1=CC2C=CC=C(C3=CC=C(C=CC4=CC=C(C5=c6ccccc6=C(C6=CC=C(C7(c8ccccc8)c8ccccc8-c8ccccc87)CC6)C6C=CC=CC56)C5C=CC=CC45)C4C=CC=CC34)C2C=C1. The molecule has 0 saturated heterocycles. The highest BCUT2D eigenvalue weighted by Gasteiger charge is 2.48. The average Bonchev–Trinajstić information content (AvgIpc) is 3.75. The second kappa shape index (κ2) is 17.3. The van der Waals surface area contributed by atoms with Gasteiger partial charge in [0.15, 0.2) is 0 Å². The normalized spacial score (nSPS) is 28.5. The van der Waals surface area contributed by atoms with E-state index in [1.165, 1.54) is 88.4 Å². The molecule has 0 radical (unpaired) electrons. The highest BCUT2D eigenvalue weighted by Crippen LogP contribution is 2.58. The van der Waals surface area contributed by atoms with Crippen LogP contribution in [0, 0.1) is 47.3 Å². The average molecular weight is 909 g/mol. The van der Waals surface area contributed by atoms with E-state index in [1.54, 1.807) is 0 Å². The molecule has 4 aromatic rings. The van der Waals surface area contributed by atoms with E-state index in [1.807, 2.05) is 0 Å². The van der Waals surface area contributed by atoms with E-state index in [9.17, 15) is 0 Å². The van der Waals surface area contributed by atoms with Gasteiger partial charge in [0.25, 0.3) is 0 Å². The monoisotopic (exact) mass is 908 g/mol. The van der Waals surface area contributed by atoms with Crippen LogP contribution in [0.15, 0.2) is 306 Å². The lowest BCUT2D eigenvalue weighted by Gasteiger charge is -2.40. The van der Waals surface area contributed by atoms with Crippen molar-refractivity contribution in [2.45, 2.75) is 18.3 Å². The first-order valence-corrected chi connectivity index (χ1v) is 26.1. The summed E-state index contributed by atoms with van der Waals surface area (Å²) in [5.41, 5.74) is 19.5. The zero-order chi connectivity index (χ0) is 46.9. The summed E-state index contributed by atoms with van der Waals surface area (Å²) in [7, 11) is 0. The van der Waals surface area contributed by atoms with Gasteiger partial charge in [0.05, 0.1) is 5.41 Å². The minimum atomic E-state index is -0.337. The van der Waals surface area contributed by atoms with E-state index in [-0.39, 0.29) is 29.1 Å². The Hall–Kier alpha value is -7.80. The molecule has 0 nitrogen and oxygen atoms in total. The number of benzene rings is 4. The lowest BCUT2D eigenvalue weighted by atomic mass is 9.63. The summed E-state index contributed by atoms with van der Waals surface area (Å²) in [4.78, 5) is 0. The maximum Gasteiger partial charge on any atom is 0.0676 e. The van der Waals surface area contributed by atoms with Gasteiger partial charge in [-0.15, -0.1) is 0 Å². The molecule has 8 unspecified atom stereocenters. The largest absolute Gasteiger partial charge is 0.0767 e. The predicted octanol–water partition coefficient (Wildman–Crippen LogP) is 14.9. The van der Waals surface area contributed by atoms with Crippen LogP contribution >= 0.6 is 0 Å². The first-order chi connectivity index (χ1) is 35.3. The minimum absolute atomic E-state index is 0.235. The summed E-state index contributed by atoms with van der Waals surface area (Å²) >= 11 is 0. The Bertz CT molecular complexity index is 3570. The van der Waals surface area contributed by atoms with Crippen molar-refractivity contribution < 1.29 is 0 Å². The van der Waals surface area contributed by atoms with Gasteiger partial charge in [-0.3, -0.25) is 0 Å². The van der Waals surface area contributed by atoms with Gasteiger partial charge in [0.1, 0.15) is 0 Å². The molecule has 0 heterocycles. The third kappa shape index (κ3) is 6.64. The number of rotatable bonds is 7. The molecule has 4 aromatic carbocycles. The van der Waals surface area contributed by atoms with Crippen molar-refractivity contribution in [2.75, 3.05) is 0 Å². The fraction of sp³-hybridized carbons (Fsp3) is 0.155. The van der Waals surface area contributed by atoms with E-state index in [0.29, 0.717) is 23.7 Å². The Morgan fingerprint density at radius 1 is 0.352 bits per heavy atom. The van der Waals surface area contributed by atoms with E-state index in [0.717, 1.165) is 12.8 Å². The predicted molar refractivity (Wildman–Crippen MR) is 296 cm³/mol. The maximum atomic E-state index is 2.51. The number of hydrogen-bond acceptors (Lipinski definition) is 0. The molecule has 10 aliphatic carbocycles. The van der Waals surface area contributed by atoms with Crippen molar-refractivity contribution in [2.24, 2.45) is 47.3 Å². The van der Waals surface area contributed by atoms with Gasteiger partial charge in [-0.1, -0.05) is 273 Å². The van der Waals surface area contributed by atoms with Crippen LogP contribution in [0.5, 0.6) is 0 Å². The molecule has 0 spiro atoms. The van der Waals surface area contributed by atoms with Gasteiger partial charge < -0.3 is 0 Å². The molecule has 14 rings (SSSR count). The van der Waals surface area contributed by atoms with Crippen molar-refractivity contribution in [3.8, 4) is 11.1 Å². The van der Waals surface area contributed by atoms with E-state index in [4.69, 9.17) is 0 Å². The molecule has 0 N–H and O–H groups in total. The molecule has 0 bridgehead atoms. The smallest absolute Gasteiger partial charge is 0.0676 e. The van der Waals surface area contributed by atoms with E-state index in [2.05, 4.69) is 267 Å². The Labute approximate surface area is 419 Å². The number of hydrogen-bond donors (Lipinski definition) is 0. The first-order valence-electron chi connectivity index (χ1n) is 26.1. The molecule has 0 saturated carbocycles. The van der Waals surface area contributed by atoms with Crippen molar-refractivity contribution in [1.82, 2.24) is 0 Å². The summed E-state index contributed by atoms with van der Waals surface area (Å²) < 4.78 is 0. The maximum absolute atomic E-state index is 2.51. The van der Waals surface area contributed by atoms with Crippen LogP contribution in [0.3, 0.4) is 0 Å². The summed E-state index contributed by atoms with van der Waals surface area (Å²) in [6, 6.07) is 38.9.